The molecule has 0 aliphatic heterocycles. The molecule has 0 unspecified atom stereocenters. The van der Waals surface area contributed by atoms with Gasteiger partial charge in [-0.1, -0.05) is 23.5 Å². The fraction of sp³-hybridized carbons (Fsp3) is 0. The van der Waals surface area contributed by atoms with Crippen molar-refractivity contribution in [3.8, 4) is 0 Å². The summed E-state index contributed by atoms with van der Waals surface area (Å²) in [6, 6.07) is 7.81. The van der Waals surface area contributed by atoms with E-state index in [0.29, 0.717) is 20.7 Å². The van der Waals surface area contributed by atoms with Crippen LogP contribution in [0, 0.1) is 5.82 Å². The van der Waals surface area contributed by atoms with Crippen molar-refractivity contribution in [3.05, 3.63) is 67.3 Å². The quantitative estimate of drug-likeness (QED) is 0.513. The highest BCUT2D eigenvalue weighted by Gasteiger charge is 2.12. The number of pyridine rings is 1. The van der Waals surface area contributed by atoms with E-state index in [1.54, 1.807) is 24.4 Å². The number of imidazole rings is 1. The van der Waals surface area contributed by atoms with Gasteiger partial charge in [-0.05, 0) is 45.8 Å². The van der Waals surface area contributed by atoms with Crippen molar-refractivity contribution in [3.63, 3.8) is 0 Å². The SMILES string of the molecule is O=c1/c(=C\c2ccc(F)cc2)sc2nc3cc(Br)cnc3n12. The monoisotopic (exact) mass is 375 g/mol. The van der Waals surface area contributed by atoms with Crippen LogP contribution in [0.5, 0.6) is 0 Å². The van der Waals surface area contributed by atoms with Crippen LogP contribution in [0.3, 0.4) is 0 Å². The number of fused-ring (bicyclic) bond motifs is 3. The summed E-state index contributed by atoms with van der Waals surface area (Å²) in [4.78, 5) is 21.8. The molecule has 108 valence electrons. The van der Waals surface area contributed by atoms with Gasteiger partial charge in [-0.3, -0.25) is 4.79 Å². The second-order valence-corrected chi connectivity index (χ2v) is 6.62. The van der Waals surface area contributed by atoms with E-state index in [9.17, 15) is 9.18 Å². The zero-order valence-electron chi connectivity index (χ0n) is 11.0. The fourth-order valence-electron chi connectivity index (χ4n) is 2.22. The van der Waals surface area contributed by atoms with Crippen molar-refractivity contribution >= 4 is 49.5 Å². The molecular formula is C15H7BrFN3OS. The number of benzene rings is 1. The number of hydrogen-bond donors (Lipinski definition) is 0. The van der Waals surface area contributed by atoms with Crippen LogP contribution in [0.4, 0.5) is 4.39 Å². The van der Waals surface area contributed by atoms with Crippen molar-refractivity contribution < 1.29 is 4.39 Å². The predicted octanol–water partition coefficient (Wildman–Crippen LogP) is 2.75. The third-order valence-electron chi connectivity index (χ3n) is 3.22. The molecule has 0 saturated heterocycles. The van der Waals surface area contributed by atoms with Crippen LogP contribution in [0.15, 0.2) is 45.8 Å². The van der Waals surface area contributed by atoms with E-state index in [1.807, 2.05) is 6.07 Å². The Morgan fingerprint density at radius 2 is 2.05 bits per heavy atom. The van der Waals surface area contributed by atoms with Gasteiger partial charge in [0.1, 0.15) is 11.3 Å². The van der Waals surface area contributed by atoms with Gasteiger partial charge in [0.2, 0.25) is 0 Å². The summed E-state index contributed by atoms with van der Waals surface area (Å²) in [7, 11) is 0. The van der Waals surface area contributed by atoms with Gasteiger partial charge in [0.05, 0.1) is 4.53 Å². The molecule has 4 aromatic rings. The van der Waals surface area contributed by atoms with E-state index in [1.165, 1.54) is 27.9 Å². The first kappa shape index (κ1) is 13.5. The number of hydrogen-bond acceptors (Lipinski definition) is 4. The Kier molecular flexibility index (Phi) is 3.05. The highest BCUT2D eigenvalue weighted by molar-refractivity contribution is 9.10. The molecule has 0 aliphatic carbocycles. The Balaban J connectivity index is 1.98. The van der Waals surface area contributed by atoms with Gasteiger partial charge in [-0.25, -0.2) is 18.8 Å². The fourth-order valence-corrected chi connectivity index (χ4v) is 3.52. The first-order chi connectivity index (χ1) is 10.6. The molecule has 0 saturated carbocycles. The van der Waals surface area contributed by atoms with Crippen LogP contribution in [-0.4, -0.2) is 14.4 Å². The van der Waals surface area contributed by atoms with Crippen LogP contribution in [-0.2, 0) is 0 Å². The van der Waals surface area contributed by atoms with E-state index in [0.717, 1.165) is 10.0 Å². The first-order valence-corrected chi connectivity index (χ1v) is 7.96. The number of thiazole rings is 1. The molecule has 4 rings (SSSR count). The van der Waals surface area contributed by atoms with Crippen molar-refractivity contribution in [2.24, 2.45) is 0 Å². The lowest BCUT2D eigenvalue weighted by molar-refractivity contribution is 0.628. The molecule has 3 aromatic heterocycles. The second kappa shape index (κ2) is 4.96. The summed E-state index contributed by atoms with van der Waals surface area (Å²) in [5.74, 6) is -0.304. The molecule has 0 spiro atoms. The predicted molar refractivity (Wildman–Crippen MR) is 87.5 cm³/mol. The molecule has 1 aromatic carbocycles. The first-order valence-electron chi connectivity index (χ1n) is 6.35. The standard InChI is InChI=1S/C15H7BrFN3OS/c16-9-6-11-13(18-7-9)20-14(21)12(22-15(20)19-11)5-8-1-3-10(17)4-2-8/h1-7H/b12-5+. The van der Waals surface area contributed by atoms with Gasteiger partial charge >= 0.3 is 0 Å². The minimum atomic E-state index is -0.304. The van der Waals surface area contributed by atoms with Gasteiger partial charge in [-0.15, -0.1) is 0 Å². The Hall–Kier alpha value is -2.12. The van der Waals surface area contributed by atoms with Crippen LogP contribution in [0.2, 0.25) is 0 Å². The number of rotatable bonds is 1. The van der Waals surface area contributed by atoms with Crippen molar-refractivity contribution in [1.82, 2.24) is 14.4 Å². The van der Waals surface area contributed by atoms with E-state index >= 15 is 0 Å². The van der Waals surface area contributed by atoms with Crippen LogP contribution in [0.1, 0.15) is 5.56 Å². The second-order valence-electron chi connectivity index (χ2n) is 4.69. The van der Waals surface area contributed by atoms with E-state index in [-0.39, 0.29) is 11.4 Å². The Morgan fingerprint density at radius 3 is 2.82 bits per heavy atom. The third kappa shape index (κ3) is 2.13. The minimum Gasteiger partial charge on any atom is -0.267 e. The Labute approximate surface area is 135 Å². The summed E-state index contributed by atoms with van der Waals surface area (Å²) in [6.07, 6.45) is 3.36. The zero-order valence-corrected chi connectivity index (χ0v) is 13.4. The summed E-state index contributed by atoms with van der Waals surface area (Å²) >= 11 is 4.63. The number of nitrogens with zero attached hydrogens (tertiary/aromatic N) is 3. The normalized spacial score (nSPS) is 12.5. The maximum atomic E-state index is 12.9. The van der Waals surface area contributed by atoms with Gasteiger partial charge in [0, 0.05) is 10.7 Å². The molecule has 3 heterocycles. The van der Waals surface area contributed by atoms with Crippen LogP contribution >= 0.6 is 27.3 Å². The maximum Gasteiger partial charge on any atom is 0.276 e. The molecule has 0 amide bonds. The highest BCUT2D eigenvalue weighted by atomic mass is 79.9. The summed E-state index contributed by atoms with van der Waals surface area (Å²) in [5, 5.41) is 0. The molecule has 4 nitrogen and oxygen atoms in total. The van der Waals surface area contributed by atoms with Gasteiger partial charge in [0.25, 0.3) is 5.56 Å². The van der Waals surface area contributed by atoms with E-state index < -0.39 is 0 Å². The van der Waals surface area contributed by atoms with Gasteiger partial charge in [0.15, 0.2) is 10.6 Å². The zero-order chi connectivity index (χ0) is 15.3. The largest absolute Gasteiger partial charge is 0.276 e. The van der Waals surface area contributed by atoms with Crippen LogP contribution < -0.4 is 10.1 Å². The molecule has 0 fully saturated rings. The molecule has 0 N–H and O–H groups in total. The lowest BCUT2D eigenvalue weighted by Gasteiger charge is -1.91. The highest BCUT2D eigenvalue weighted by Crippen LogP contribution is 2.18. The average Bonchev–Trinajstić information content (AvgIpc) is 2.98. The van der Waals surface area contributed by atoms with Crippen molar-refractivity contribution in [2.45, 2.75) is 0 Å². The van der Waals surface area contributed by atoms with Crippen molar-refractivity contribution in [2.75, 3.05) is 0 Å². The maximum absolute atomic E-state index is 12.9. The van der Waals surface area contributed by atoms with Crippen molar-refractivity contribution in [1.29, 1.82) is 0 Å². The molecule has 0 bridgehead atoms. The number of aromatic nitrogens is 3. The molecule has 22 heavy (non-hydrogen) atoms. The molecule has 7 heteroatoms. The molecule has 0 aliphatic rings. The minimum absolute atomic E-state index is 0.165. The van der Waals surface area contributed by atoms with E-state index in [2.05, 4.69) is 25.9 Å². The Bertz CT molecular complexity index is 1120. The molecular weight excluding hydrogens is 369 g/mol. The lowest BCUT2D eigenvalue weighted by Crippen LogP contribution is -2.22. The summed E-state index contributed by atoms with van der Waals surface area (Å²) < 4.78 is 15.8. The Morgan fingerprint density at radius 1 is 1.27 bits per heavy atom. The lowest BCUT2D eigenvalue weighted by atomic mass is 10.2. The van der Waals surface area contributed by atoms with Crippen LogP contribution in [0.25, 0.3) is 22.2 Å². The number of halogens is 2. The topological polar surface area (TPSA) is 47.3 Å². The van der Waals surface area contributed by atoms with Gasteiger partial charge in [-0.2, -0.15) is 0 Å². The molecule has 0 atom stereocenters. The van der Waals surface area contributed by atoms with E-state index in [4.69, 9.17) is 0 Å². The summed E-state index contributed by atoms with van der Waals surface area (Å²) in [5.41, 5.74) is 1.81. The molecule has 0 radical (unpaired) electrons. The van der Waals surface area contributed by atoms with Gasteiger partial charge < -0.3 is 0 Å². The average molecular weight is 376 g/mol. The smallest absolute Gasteiger partial charge is 0.267 e. The summed E-state index contributed by atoms with van der Waals surface area (Å²) in [6.45, 7) is 0. The third-order valence-corrected chi connectivity index (χ3v) is 4.62.